The average molecular weight is 363 g/mol. The normalized spacial score (nSPS) is 13.6. The first kappa shape index (κ1) is 15.1. The highest BCUT2D eigenvalue weighted by Crippen LogP contribution is 2.25. The van der Waals surface area contributed by atoms with Crippen molar-refractivity contribution in [1.29, 1.82) is 0 Å². The number of anilines is 2. The van der Waals surface area contributed by atoms with Crippen LogP contribution in [0.4, 0.5) is 11.4 Å². The molecule has 116 valence electrons. The summed E-state index contributed by atoms with van der Waals surface area (Å²) in [7, 11) is 3.98. The molecule has 1 aromatic carbocycles. The first-order chi connectivity index (χ1) is 10.6. The third kappa shape index (κ3) is 2.88. The maximum absolute atomic E-state index is 12.5. The summed E-state index contributed by atoms with van der Waals surface area (Å²) in [6.07, 6.45) is 3.14. The fraction of sp³-hybridized carbons (Fsp3) is 0.375. The average Bonchev–Trinajstić information content (AvgIpc) is 2.86. The molecule has 22 heavy (non-hydrogen) atoms. The maximum Gasteiger partial charge on any atom is 0.276 e. The summed E-state index contributed by atoms with van der Waals surface area (Å²) in [5, 5.41) is 2.93. The van der Waals surface area contributed by atoms with E-state index in [0.29, 0.717) is 5.69 Å². The van der Waals surface area contributed by atoms with Crippen LogP contribution in [0.1, 0.15) is 29.0 Å². The third-order valence-electron chi connectivity index (χ3n) is 3.93. The van der Waals surface area contributed by atoms with E-state index >= 15 is 0 Å². The molecule has 3 rings (SSSR count). The number of carbonyl (C=O) groups excluding carboxylic acids is 1. The molecule has 1 aliphatic rings. The molecule has 0 radical (unpaired) electrons. The Kier molecular flexibility index (Phi) is 4.20. The summed E-state index contributed by atoms with van der Waals surface area (Å²) in [6.45, 7) is 0.924. The molecule has 6 heteroatoms. The summed E-state index contributed by atoms with van der Waals surface area (Å²) in [4.78, 5) is 18.9. The maximum atomic E-state index is 12.5. The van der Waals surface area contributed by atoms with Crippen LogP contribution in [0.5, 0.6) is 0 Å². The number of hydrogen-bond donors (Lipinski definition) is 1. The molecule has 1 aliphatic heterocycles. The Morgan fingerprint density at radius 3 is 2.68 bits per heavy atom. The highest BCUT2D eigenvalue weighted by atomic mass is 79.9. The van der Waals surface area contributed by atoms with Gasteiger partial charge in [-0.15, -0.1) is 0 Å². The number of fused-ring (bicyclic) bond motifs is 1. The summed E-state index contributed by atoms with van der Waals surface area (Å²) in [6, 6.07) is 7.78. The van der Waals surface area contributed by atoms with Crippen molar-refractivity contribution < 1.29 is 4.79 Å². The van der Waals surface area contributed by atoms with Crippen molar-refractivity contribution in [2.45, 2.75) is 25.8 Å². The molecule has 0 saturated carbocycles. The minimum atomic E-state index is -0.144. The van der Waals surface area contributed by atoms with E-state index in [4.69, 9.17) is 0 Å². The van der Waals surface area contributed by atoms with Crippen molar-refractivity contribution in [2.75, 3.05) is 24.3 Å². The summed E-state index contributed by atoms with van der Waals surface area (Å²) in [5.74, 6) is -0.144. The molecule has 0 aliphatic carbocycles. The third-order valence-corrected chi connectivity index (χ3v) is 4.53. The number of nitrogens with one attached hydrogen (secondary N) is 1. The van der Waals surface area contributed by atoms with Crippen LogP contribution in [-0.2, 0) is 13.0 Å². The Morgan fingerprint density at radius 1 is 1.27 bits per heavy atom. The number of halogens is 1. The van der Waals surface area contributed by atoms with Gasteiger partial charge in [0, 0.05) is 32.0 Å². The van der Waals surface area contributed by atoms with Gasteiger partial charge in [0.25, 0.3) is 5.91 Å². The van der Waals surface area contributed by atoms with Crippen molar-refractivity contribution in [1.82, 2.24) is 9.55 Å². The van der Waals surface area contributed by atoms with E-state index in [2.05, 4.69) is 30.8 Å². The van der Waals surface area contributed by atoms with Gasteiger partial charge >= 0.3 is 0 Å². The first-order valence-corrected chi connectivity index (χ1v) is 8.19. The summed E-state index contributed by atoms with van der Waals surface area (Å²) < 4.78 is 2.84. The van der Waals surface area contributed by atoms with Crippen molar-refractivity contribution >= 4 is 33.2 Å². The monoisotopic (exact) mass is 362 g/mol. The van der Waals surface area contributed by atoms with E-state index in [0.717, 1.165) is 47.6 Å². The van der Waals surface area contributed by atoms with Crippen LogP contribution in [0.2, 0.25) is 0 Å². The van der Waals surface area contributed by atoms with Crippen molar-refractivity contribution in [3.8, 4) is 0 Å². The fourth-order valence-corrected chi connectivity index (χ4v) is 3.28. The second-order valence-corrected chi connectivity index (χ2v) is 6.39. The van der Waals surface area contributed by atoms with Crippen LogP contribution < -0.4 is 10.2 Å². The van der Waals surface area contributed by atoms with Crippen LogP contribution in [-0.4, -0.2) is 29.6 Å². The summed E-state index contributed by atoms with van der Waals surface area (Å²) >= 11 is 3.45. The van der Waals surface area contributed by atoms with Crippen molar-refractivity contribution in [2.24, 2.45) is 0 Å². The molecular weight excluding hydrogens is 344 g/mol. The standard InChI is InChI=1S/C16H19BrN4O/c1-20(2)12-8-6-11(7-9-12)18-15(22)14-13-5-3-4-10-21(13)16(17)19-14/h6-9H,3-5,10H2,1-2H3,(H,18,22). The van der Waals surface area contributed by atoms with Gasteiger partial charge < -0.3 is 14.8 Å². The van der Waals surface area contributed by atoms with Crippen LogP contribution in [0.15, 0.2) is 29.0 Å². The van der Waals surface area contributed by atoms with E-state index in [1.54, 1.807) is 0 Å². The zero-order valence-electron chi connectivity index (χ0n) is 12.8. The largest absolute Gasteiger partial charge is 0.378 e. The number of imidazole rings is 1. The lowest BCUT2D eigenvalue weighted by atomic mass is 10.1. The van der Waals surface area contributed by atoms with Crippen molar-refractivity contribution in [3.05, 3.63) is 40.4 Å². The summed E-state index contributed by atoms with van der Waals surface area (Å²) in [5.41, 5.74) is 3.44. The smallest absolute Gasteiger partial charge is 0.276 e. The lowest BCUT2D eigenvalue weighted by Crippen LogP contribution is -2.18. The molecule has 0 unspecified atom stereocenters. The van der Waals surface area contributed by atoms with Gasteiger partial charge in [-0.25, -0.2) is 4.98 Å². The number of aromatic nitrogens is 2. The molecule has 0 fully saturated rings. The predicted octanol–water partition coefficient (Wildman–Crippen LogP) is 3.30. The van der Waals surface area contributed by atoms with Crippen LogP contribution >= 0.6 is 15.9 Å². The zero-order chi connectivity index (χ0) is 15.7. The number of hydrogen-bond acceptors (Lipinski definition) is 3. The molecule has 1 N–H and O–H groups in total. The van der Waals surface area contributed by atoms with Gasteiger partial charge in [0.2, 0.25) is 0 Å². The molecule has 1 aromatic heterocycles. The van der Waals surface area contributed by atoms with Crippen LogP contribution in [0, 0.1) is 0 Å². The molecule has 1 amide bonds. The Hall–Kier alpha value is -1.82. The highest BCUT2D eigenvalue weighted by Gasteiger charge is 2.23. The lowest BCUT2D eigenvalue weighted by molar-refractivity contribution is 0.102. The minimum Gasteiger partial charge on any atom is -0.378 e. The van der Waals surface area contributed by atoms with Gasteiger partial charge in [-0.3, -0.25) is 4.79 Å². The molecule has 2 heterocycles. The first-order valence-electron chi connectivity index (χ1n) is 7.40. The van der Waals surface area contributed by atoms with E-state index in [1.165, 1.54) is 0 Å². The molecule has 0 saturated heterocycles. The fourth-order valence-electron chi connectivity index (χ4n) is 2.71. The minimum absolute atomic E-state index is 0.144. The molecular formula is C16H19BrN4O. The van der Waals surface area contributed by atoms with Gasteiger partial charge in [0.15, 0.2) is 10.4 Å². The Bertz CT molecular complexity index is 691. The number of rotatable bonds is 3. The van der Waals surface area contributed by atoms with E-state index in [-0.39, 0.29) is 5.91 Å². The Labute approximate surface area is 138 Å². The van der Waals surface area contributed by atoms with Gasteiger partial charge in [0.05, 0.1) is 5.69 Å². The number of benzene rings is 1. The number of carbonyl (C=O) groups is 1. The molecule has 0 spiro atoms. The molecule has 5 nitrogen and oxygen atoms in total. The second kappa shape index (κ2) is 6.12. The zero-order valence-corrected chi connectivity index (χ0v) is 14.4. The van der Waals surface area contributed by atoms with E-state index in [1.807, 2.05) is 43.3 Å². The van der Waals surface area contributed by atoms with Gasteiger partial charge in [-0.2, -0.15) is 0 Å². The highest BCUT2D eigenvalue weighted by molar-refractivity contribution is 9.10. The SMILES string of the molecule is CN(C)c1ccc(NC(=O)c2nc(Br)n3c2CCCC3)cc1. The van der Waals surface area contributed by atoms with Crippen LogP contribution in [0.25, 0.3) is 0 Å². The second-order valence-electron chi connectivity index (χ2n) is 5.68. The Balaban J connectivity index is 1.80. The van der Waals surface area contributed by atoms with E-state index < -0.39 is 0 Å². The Morgan fingerprint density at radius 2 is 2.00 bits per heavy atom. The quantitative estimate of drug-likeness (QED) is 0.911. The van der Waals surface area contributed by atoms with E-state index in [9.17, 15) is 4.79 Å². The predicted molar refractivity (Wildman–Crippen MR) is 91.6 cm³/mol. The van der Waals surface area contributed by atoms with Crippen LogP contribution in [0.3, 0.4) is 0 Å². The lowest BCUT2D eigenvalue weighted by Gasteiger charge is -2.16. The van der Waals surface area contributed by atoms with Gasteiger partial charge in [0.1, 0.15) is 0 Å². The molecule has 0 atom stereocenters. The number of amides is 1. The molecule has 0 bridgehead atoms. The molecule has 2 aromatic rings. The van der Waals surface area contributed by atoms with Crippen molar-refractivity contribution in [3.63, 3.8) is 0 Å². The number of nitrogens with zero attached hydrogens (tertiary/aromatic N) is 3. The van der Waals surface area contributed by atoms with Gasteiger partial charge in [-0.1, -0.05) is 0 Å². The topological polar surface area (TPSA) is 50.2 Å². The van der Waals surface area contributed by atoms with Gasteiger partial charge in [-0.05, 0) is 59.5 Å².